The fourth-order valence-electron chi connectivity index (χ4n) is 12.2. The van der Waals surface area contributed by atoms with Gasteiger partial charge in [-0.05, 0) is 88.5 Å². The predicted molar refractivity (Wildman–Crippen MR) is 176 cm³/mol. The van der Waals surface area contributed by atoms with E-state index in [0.29, 0.717) is 62.4 Å². The minimum absolute atomic E-state index is 0.0572. The lowest BCUT2D eigenvalue weighted by Crippen LogP contribution is -2.73. The van der Waals surface area contributed by atoms with Gasteiger partial charge in [0.05, 0.1) is 6.61 Å². The van der Waals surface area contributed by atoms with Crippen LogP contribution in [0.2, 0.25) is 0 Å². The first-order valence-electron chi connectivity index (χ1n) is 19.8. The van der Waals surface area contributed by atoms with Gasteiger partial charge in [-0.2, -0.15) is 13.2 Å². The average Bonchev–Trinajstić information content (AvgIpc) is 3.14. The highest BCUT2D eigenvalue weighted by atomic mass is 19.4. The van der Waals surface area contributed by atoms with Gasteiger partial charge in [-0.1, -0.05) is 20.8 Å². The molecule has 14 atom stereocenters. The molecule has 0 aromatic rings. The third kappa shape index (κ3) is 5.36. The summed E-state index contributed by atoms with van der Waals surface area (Å²) in [5.41, 5.74) is -1.16. The average molecular weight is 727 g/mol. The van der Waals surface area contributed by atoms with Crippen molar-refractivity contribution in [1.29, 1.82) is 0 Å². The maximum Gasteiger partial charge on any atom is 0.449 e. The Labute approximate surface area is 299 Å². The Kier molecular flexibility index (Phi) is 8.38. The Morgan fingerprint density at radius 1 is 0.725 bits per heavy atom. The first kappa shape index (κ1) is 35.7. The zero-order valence-electron chi connectivity index (χ0n) is 31.1. The first-order valence-corrected chi connectivity index (χ1v) is 19.8. The molecule has 10 rings (SSSR count). The van der Waals surface area contributed by atoms with Gasteiger partial charge in [0.25, 0.3) is 0 Å². The molecule has 2 spiro atoms. The van der Waals surface area contributed by atoms with Crippen LogP contribution in [-0.2, 0) is 38.2 Å². The maximum atomic E-state index is 14.7. The van der Waals surface area contributed by atoms with Gasteiger partial charge in [-0.3, -0.25) is 9.80 Å². The number of piperazine rings is 1. The van der Waals surface area contributed by atoms with Gasteiger partial charge in [0.15, 0.2) is 23.5 Å². The lowest BCUT2D eigenvalue weighted by Gasteiger charge is -2.62. The van der Waals surface area contributed by atoms with E-state index < -0.39 is 53.1 Å². The fraction of sp³-hybridized carbons (Fsp3) is 0.947. The van der Waals surface area contributed by atoms with Crippen molar-refractivity contribution in [3.63, 3.8) is 0 Å². The van der Waals surface area contributed by atoms with Gasteiger partial charge in [0, 0.05) is 69.9 Å². The molecule has 2 aliphatic carbocycles. The second-order valence-corrected chi connectivity index (χ2v) is 18.1. The zero-order valence-corrected chi connectivity index (χ0v) is 31.1. The number of ether oxygens (including phenoxy) is 6. The van der Waals surface area contributed by atoms with Gasteiger partial charge >= 0.3 is 6.18 Å². The van der Waals surface area contributed by atoms with Crippen molar-refractivity contribution in [3.8, 4) is 0 Å². The van der Waals surface area contributed by atoms with Gasteiger partial charge in [-0.25, -0.2) is 9.78 Å². The van der Waals surface area contributed by atoms with Crippen LogP contribution in [0.4, 0.5) is 13.2 Å². The van der Waals surface area contributed by atoms with Crippen LogP contribution in [0, 0.1) is 41.4 Å². The molecule has 8 heterocycles. The molecule has 0 N–H and O–H groups in total. The van der Waals surface area contributed by atoms with E-state index in [0.717, 1.165) is 51.6 Å². The monoisotopic (exact) mass is 726 g/mol. The van der Waals surface area contributed by atoms with Crippen molar-refractivity contribution < 1.29 is 51.4 Å². The zero-order chi connectivity index (χ0) is 35.8. The summed E-state index contributed by atoms with van der Waals surface area (Å²) < 4.78 is 82.6. The normalized spacial score (nSPS) is 52.6. The van der Waals surface area contributed by atoms with Crippen LogP contribution in [0.25, 0.3) is 0 Å². The van der Waals surface area contributed by atoms with E-state index in [1.54, 1.807) is 0 Å². The van der Waals surface area contributed by atoms with Crippen LogP contribution in [0.15, 0.2) is 11.3 Å². The lowest BCUT2D eigenvalue weighted by molar-refractivity contribution is -0.585. The Balaban J connectivity index is 0.849. The summed E-state index contributed by atoms with van der Waals surface area (Å²) in [6.45, 7) is 16.7. The Bertz CT molecular complexity index is 1410. The highest BCUT2D eigenvalue weighted by Crippen LogP contribution is 2.65. The fourth-order valence-corrected chi connectivity index (χ4v) is 12.2. The number of halogens is 3. The topological polar surface area (TPSA) is 80.3 Å². The first-order chi connectivity index (χ1) is 24.1. The summed E-state index contributed by atoms with van der Waals surface area (Å²) in [6, 6.07) is 0. The van der Waals surface area contributed by atoms with Crippen LogP contribution in [-0.4, -0.2) is 103 Å². The summed E-state index contributed by atoms with van der Waals surface area (Å²) >= 11 is 0. The summed E-state index contributed by atoms with van der Waals surface area (Å²) in [5.74, 6) is -2.38. The lowest BCUT2D eigenvalue weighted by atomic mass is 9.57. The molecule has 0 aromatic carbocycles. The Hall–Kier alpha value is -1.03. The maximum absolute atomic E-state index is 14.7. The van der Waals surface area contributed by atoms with Crippen LogP contribution < -0.4 is 0 Å². The van der Waals surface area contributed by atoms with Crippen molar-refractivity contribution in [2.45, 2.75) is 140 Å². The van der Waals surface area contributed by atoms with Crippen molar-refractivity contribution in [2.75, 3.05) is 45.9 Å². The molecular weight excluding hydrogens is 669 g/mol. The molecule has 51 heavy (non-hydrogen) atoms. The number of fused-ring (bicyclic) bond motifs is 3. The van der Waals surface area contributed by atoms with Crippen LogP contribution in [0.1, 0.15) is 92.9 Å². The molecule has 10 nitrogen and oxygen atoms in total. The quantitative estimate of drug-likeness (QED) is 0.289. The molecule has 13 heteroatoms. The molecule has 8 aliphatic heterocycles. The van der Waals surface area contributed by atoms with Crippen LogP contribution in [0.3, 0.4) is 0 Å². The molecule has 288 valence electrons. The number of allylic oxidation sites excluding steroid dienone is 1. The summed E-state index contributed by atoms with van der Waals surface area (Å²) in [5, 5.41) is 0. The van der Waals surface area contributed by atoms with E-state index in [-0.39, 0.29) is 30.2 Å². The van der Waals surface area contributed by atoms with Crippen molar-refractivity contribution in [2.24, 2.45) is 41.4 Å². The molecule has 0 aromatic heterocycles. The molecule has 7 saturated heterocycles. The van der Waals surface area contributed by atoms with E-state index in [4.69, 9.17) is 38.2 Å². The summed E-state index contributed by atoms with van der Waals surface area (Å²) in [4.78, 5) is 16.8. The highest BCUT2D eigenvalue weighted by Gasteiger charge is 2.73. The molecule has 0 radical (unpaired) electrons. The molecule has 10 aliphatic rings. The van der Waals surface area contributed by atoms with Crippen molar-refractivity contribution >= 4 is 0 Å². The largest absolute Gasteiger partial charge is 0.456 e. The molecule has 0 unspecified atom stereocenters. The molecule has 9 fully saturated rings. The van der Waals surface area contributed by atoms with Gasteiger partial charge < -0.3 is 28.4 Å². The minimum Gasteiger partial charge on any atom is -0.456 e. The highest BCUT2D eigenvalue weighted by molar-refractivity contribution is 5.30. The van der Waals surface area contributed by atoms with Gasteiger partial charge in [-0.15, -0.1) is 0 Å². The van der Waals surface area contributed by atoms with E-state index >= 15 is 0 Å². The van der Waals surface area contributed by atoms with E-state index in [1.807, 2.05) is 20.8 Å². The molecule has 0 amide bonds. The number of alkyl halides is 3. The predicted octanol–water partition coefficient (Wildman–Crippen LogP) is 6.35. The smallest absolute Gasteiger partial charge is 0.449 e. The third-order valence-electron chi connectivity index (χ3n) is 15.1. The van der Waals surface area contributed by atoms with E-state index in [2.05, 4.69) is 30.6 Å². The second kappa shape index (κ2) is 12.0. The SMILES string of the molecule is C[C@@H]1CC[C@H]2[C@@H](C)[C@@](C)(OCCN3CCN(CC4=C(C(F)(F)F)O[C@@H]5O[C@@]6(C)CC[C@H]7[C@H](C)CC[C@@H]4[C@@]57O6)CC3)O[C@@H]3O[C@]4(C)CC[C@@H]1[C@]32OO4. The molecule has 2 saturated carbocycles. The molecular formula is C38H57F3N2O8. The second-order valence-electron chi connectivity index (χ2n) is 18.1. The number of hydrogen-bond donors (Lipinski definition) is 0. The molecule has 4 bridgehead atoms. The summed E-state index contributed by atoms with van der Waals surface area (Å²) in [6.07, 6.45) is 0.751. The Morgan fingerprint density at radius 2 is 1.37 bits per heavy atom. The van der Waals surface area contributed by atoms with Crippen LogP contribution in [0.5, 0.6) is 0 Å². The number of rotatable bonds is 6. The van der Waals surface area contributed by atoms with Gasteiger partial charge in [0.2, 0.25) is 17.8 Å². The number of hydrogen-bond acceptors (Lipinski definition) is 10. The standard InChI is InChI=1S/C38H57F3N2O8/c1-22-8-10-29-25(30(38(39,40)41)45-31-36(29)26(22)11-13-33(4,46-31)49-36)21-43-17-15-42(16-18-43)19-20-44-35(6)24(3)28-9-7-23(2)27-12-14-34(5)47-32(48-35)37(27,28)51-50-34/h22-24,26-29,31-32H,7-21H2,1-6H3/t22-,23-,24-,26+,27+,28+,29+,31-,32+,33-,34+,35+,36-,37-/m1/s1. The summed E-state index contributed by atoms with van der Waals surface area (Å²) in [7, 11) is 0. The van der Waals surface area contributed by atoms with E-state index in [1.165, 1.54) is 0 Å². The van der Waals surface area contributed by atoms with E-state index in [9.17, 15) is 13.2 Å². The van der Waals surface area contributed by atoms with Gasteiger partial charge in [0.1, 0.15) is 5.60 Å². The van der Waals surface area contributed by atoms with Crippen molar-refractivity contribution in [1.82, 2.24) is 9.80 Å². The minimum atomic E-state index is -4.60. The van der Waals surface area contributed by atoms with Crippen molar-refractivity contribution in [3.05, 3.63) is 11.3 Å². The Morgan fingerprint density at radius 3 is 2.10 bits per heavy atom. The number of nitrogens with zero attached hydrogens (tertiary/aromatic N) is 2. The van der Waals surface area contributed by atoms with Crippen LogP contribution >= 0.6 is 0 Å². The third-order valence-corrected chi connectivity index (χ3v) is 15.1.